The first-order valence-electron chi connectivity index (χ1n) is 7.99. The molecular formula is C16H30N2O. The van der Waals surface area contributed by atoms with Crippen molar-refractivity contribution in [3.05, 3.63) is 0 Å². The summed E-state index contributed by atoms with van der Waals surface area (Å²) in [6.45, 7) is 6.06. The van der Waals surface area contributed by atoms with E-state index in [0.717, 1.165) is 19.4 Å². The number of amides is 1. The molecule has 0 unspecified atom stereocenters. The van der Waals surface area contributed by atoms with Crippen molar-refractivity contribution < 1.29 is 4.79 Å². The molecule has 0 heterocycles. The minimum Gasteiger partial charge on any atom is -0.356 e. The lowest BCUT2D eigenvalue weighted by Gasteiger charge is -2.35. The summed E-state index contributed by atoms with van der Waals surface area (Å²) in [5.74, 6) is 0.894. The maximum Gasteiger partial charge on any atom is 0.220 e. The highest BCUT2D eigenvalue weighted by molar-refractivity contribution is 5.76. The van der Waals surface area contributed by atoms with Crippen LogP contribution in [0.4, 0.5) is 0 Å². The number of hydrogen-bond acceptors (Lipinski definition) is 2. The lowest BCUT2D eigenvalue weighted by Crippen LogP contribution is -2.40. The lowest BCUT2D eigenvalue weighted by molar-refractivity contribution is -0.124. The van der Waals surface area contributed by atoms with Gasteiger partial charge >= 0.3 is 0 Å². The van der Waals surface area contributed by atoms with Gasteiger partial charge in [-0.3, -0.25) is 4.79 Å². The van der Waals surface area contributed by atoms with Crippen LogP contribution in [-0.4, -0.2) is 19.0 Å². The van der Waals surface area contributed by atoms with Gasteiger partial charge in [-0.25, -0.2) is 0 Å². The van der Waals surface area contributed by atoms with E-state index in [2.05, 4.69) is 19.2 Å². The van der Waals surface area contributed by atoms with E-state index in [1.54, 1.807) is 0 Å². The van der Waals surface area contributed by atoms with Crippen LogP contribution in [0.25, 0.3) is 0 Å². The maximum absolute atomic E-state index is 12.2. The van der Waals surface area contributed by atoms with Crippen LogP contribution in [0.2, 0.25) is 0 Å². The summed E-state index contributed by atoms with van der Waals surface area (Å²) in [7, 11) is 0. The molecule has 2 rings (SSSR count). The van der Waals surface area contributed by atoms with Crippen molar-refractivity contribution in [1.82, 2.24) is 5.32 Å². The zero-order chi connectivity index (χ0) is 13.9. The van der Waals surface area contributed by atoms with Gasteiger partial charge in [0.2, 0.25) is 5.91 Å². The Kier molecular flexibility index (Phi) is 4.54. The van der Waals surface area contributed by atoms with Crippen LogP contribution in [-0.2, 0) is 4.79 Å². The fourth-order valence-corrected chi connectivity index (χ4v) is 3.55. The summed E-state index contributed by atoms with van der Waals surface area (Å²) in [5, 5.41) is 3.18. The largest absolute Gasteiger partial charge is 0.356 e. The van der Waals surface area contributed by atoms with Gasteiger partial charge in [0.25, 0.3) is 0 Å². The highest BCUT2D eigenvalue weighted by atomic mass is 16.1. The second kappa shape index (κ2) is 5.82. The molecule has 2 aliphatic carbocycles. The SMILES string of the molecule is CC(C)C1(CNC(=O)CC2(CN)CCCCC2)CC1. The van der Waals surface area contributed by atoms with E-state index in [9.17, 15) is 4.79 Å². The highest BCUT2D eigenvalue weighted by Crippen LogP contribution is 2.51. The first-order chi connectivity index (χ1) is 9.02. The average Bonchev–Trinajstić information content (AvgIpc) is 3.19. The fraction of sp³-hybridized carbons (Fsp3) is 0.938. The van der Waals surface area contributed by atoms with Crippen molar-refractivity contribution in [2.24, 2.45) is 22.5 Å². The Morgan fingerprint density at radius 3 is 2.26 bits per heavy atom. The second-order valence-corrected chi connectivity index (χ2v) is 7.24. The normalized spacial score (nSPS) is 24.2. The van der Waals surface area contributed by atoms with Gasteiger partial charge in [0.15, 0.2) is 0 Å². The molecular weight excluding hydrogens is 236 g/mol. The quantitative estimate of drug-likeness (QED) is 0.776. The Hall–Kier alpha value is -0.570. The molecule has 3 nitrogen and oxygen atoms in total. The third-order valence-electron chi connectivity index (χ3n) is 5.64. The molecule has 110 valence electrons. The summed E-state index contributed by atoms with van der Waals surface area (Å²) in [4.78, 5) is 12.2. The minimum atomic E-state index is 0.0941. The van der Waals surface area contributed by atoms with E-state index in [-0.39, 0.29) is 11.3 Å². The molecule has 3 heteroatoms. The molecule has 2 saturated carbocycles. The summed E-state index contributed by atoms with van der Waals surface area (Å²) >= 11 is 0. The molecule has 0 saturated heterocycles. The molecule has 0 aromatic carbocycles. The van der Waals surface area contributed by atoms with E-state index in [1.807, 2.05) is 0 Å². The molecule has 1 amide bonds. The number of nitrogens with one attached hydrogen (secondary N) is 1. The molecule has 19 heavy (non-hydrogen) atoms. The van der Waals surface area contributed by atoms with Crippen LogP contribution in [0.3, 0.4) is 0 Å². The third kappa shape index (κ3) is 3.50. The van der Waals surface area contributed by atoms with Crippen LogP contribution < -0.4 is 11.1 Å². The molecule has 0 aromatic rings. The molecule has 3 N–H and O–H groups in total. The van der Waals surface area contributed by atoms with Crippen molar-refractivity contribution in [2.45, 2.75) is 65.2 Å². The van der Waals surface area contributed by atoms with Crippen molar-refractivity contribution in [2.75, 3.05) is 13.1 Å². The lowest BCUT2D eigenvalue weighted by atomic mass is 9.71. The van der Waals surface area contributed by atoms with Crippen molar-refractivity contribution in [3.63, 3.8) is 0 Å². The van der Waals surface area contributed by atoms with Gasteiger partial charge in [0.05, 0.1) is 0 Å². The van der Waals surface area contributed by atoms with Gasteiger partial charge < -0.3 is 11.1 Å². The van der Waals surface area contributed by atoms with Gasteiger partial charge in [-0.1, -0.05) is 33.1 Å². The zero-order valence-electron chi connectivity index (χ0n) is 12.6. The van der Waals surface area contributed by atoms with Crippen LogP contribution in [0.5, 0.6) is 0 Å². The monoisotopic (exact) mass is 266 g/mol. The van der Waals surface area contributed by atoms with Crippen LogP contribution in [0.15, 0.2) is 0 Å². The van der Waals surface area contributed by atoms with E-state index < -0.39 is 0 Å². The van der Waals surface area contributed by atoms with Gasteiger partial charge in [-0.05, 0) is 49.0 Å². The summed E-state index contributed by atoms with van der Waals surface area (Å²) < 4.78 is 0. The molecule has 0 bridgehead atoms. The van der Waals surface area contributed by atoms with Crippen LogP contribution in [0, 0.1) is 16.7 Å². The number of hydrogen-bond donors (Lipinski definition) is 2. The van der Waals surface area contributed by atoms with Crippen LogP contribution >= 0.6 is 0 Å². The highest BCUT2D eigenvalue weighted by Gasteiger charge is 2.45. The first-order valence-corrected chi connectivity index (χ1v) is 7.99. The molecule has 0 atom stereocenters. The van der Waals surface area contributed by atoms with Crippen LogP contribution in [0.1, 0.15) is 65.2 Å². The number of rotatable bonds is 6. The van der Waals surface area contributed by atoms with Crippen molar-refractivity contribution >= 4 is 5.91 Å². The fourth-order valence-electron chi connectivity index (χ4n) is 3.55. The third-order valence-corrected chi connectivity index (χ3v) is 5.64. The number of nitrogens with two attached hydrogens (primary N) is 1. The molecule has 0 radical (unpaired) electrons. The second-order valence-electron chi connectivity index (χ2n) is 7.24. The minimum absolute atomic E-state index is 0.0941. The summed E-state index contributed by atoms with van der Waals surface area (Å²) in [5.41, 5.74) is 6.44. The Bertz CT molecular complexity index is 315. The summed E-state index contributed by atoms with van der Waals surface area (Å²) in [6.07, 6.45) is 9.22. The Balaban J connectivity index is 1.80. The Morgan fingerprint density at radius 1 is 1.16 bits per heavy atom. The van der Waals surface area contributed by atoms with Crippen molar-refractivity contribution in [3.8, 4) is 0 Å². The maximum atomic E-state index is 12.2. The molecule has 0 aliphatic heterocycles. The molecule has 0 aromatic heterocycles. The predicted octanol–water partition coefficient (Wildman–Crippen LogP) is 2.84. The number of carbonyl (C=O) groups is 1. The van der Waals surface area contributed by atoms with E-state index in [4.69, 9.17) is 5.73 Å². The Morgan fingerprint density at radius 2 is 1.79 bits per heavy atom. The summed E-state index contributed by atoms with van der Waals surface area (Å²) in [6, 6.07) is 0. The predicted molar refractivity (Wildman–Crippen MR) is 78.7 cm³/mol. The van der Waals surface area contributed by atoms with E-state index >= 15 is 0 Å². The van der Waals surface area contributed by atoms with Gasteiger partial charge in [0, 0.05) is 13.0 Å². The molecule has 2 fully saturated rings. The first kappa shape index (κ1) is 14.8. The zero-order valence-corrected chi connectivity index (χ0v) is 12.6. The van der Waals surface area contributed by atoms with Crippen molar-refractivity contribution in [1.29, 1.82) is 0 Å². The standard InChI is InChI=1S/C16H30N2O/c1-13(2)16(8-9-16)12-18-14(19)10-15(11-17)6-4-3-5-7-15/h13H,3-12,17H2,1-2H3,(H,18,19). The number of carbonyl (C=O) groups excluding carboxylic acids is 1. The van der Waals surface area contributed by atoms with Gasteiger partial charge in [-0.15, -0.1) is 0 Å². The smallest absolute Gasteiger partial charge is 0.220 e. The van der Waals surface area contributed by atoms with Gasteiger partial charge in [0.1, 0.15) is 0 Å². The Labute approximate surface area is 117 Å². The average molecular weight is 266 g/mol. The topological polar surface area (TPSA) is 55.1 Å². The van der Waals surface area contributed by atoms with E-state index in [1.165, 1.54) is 32.1 Å². The molecule has 0 spiro atoms. The van der Waals surface area contributed by atoms with Gasteiger partial charge in [-0.2, -0.15) is 0 Å². The van der Waals surface area contributed by atoms with E-state index in [0.29, 0.717) is 24.3 Å². The molecule has 2 aliphatic rings.